The van der Waals surface area contributed by atoms with Crippen LogP contribution in [0.15, 0.2) is 0 Å². The first-order valence-electron chi connectivity index (χ1n) is 8.66. The summed E-state index contributed by atoms with van der Waals surface area (Å²) < 4.78 is 6.48. The molecule has 0 amide bonds. The maximum absolute atomic E-state index is 10.2. The Morgan fingerprint density at radius 3 is 1.47 bits per heavy atom. The van der Waals surface area contributed by atoms with Crippen LogP contribution >= 0.6 is 0 Å². The lowest BCUT2D eigenvalue weighted by molar-refractivity contribution is -0.144. The van der Waals surface area contributed by atoms with E-state index in [1.165, 1.54) is 64.2 Å². The minimum atomic E-state index is -0.104. The van der Waals surface area contributed by atoms with Crippen molar-refractivity contribution in [1.29, 1.82) is 0 Å². The summed E-state index contributed by atoms with van der Waals surface area (Å²) in [5.41, 5.74) is 0. The first kappa shape index (κ1) is 13.9. The van der Waals surface area contributed by atoms with Gasteiger partial charge < -0.3 is 9.84 Å². The van der Waals surface area contributed by atoms with E-state index in [1.807, 2.05) is 0 Å². The Kier molecular flexibility index (Phi) is 4.81. The maximum atomic E-state index is 10.2. The van der Waals surface area contributed by atoms with Gasteiger partial charge in [-0.1, -0.05) is 38.5 Å². The second kappa shape index (κ2) is 6.58. The molecule has 1 unspecified atom stereocenters. The van der Waals surface area contributed by atoms with Crippen LogP contribution in [0.3, 0.4) is 0 Å². The maximum Gasteiger partial charge on any atom is 0.0631 e. The molecule has 0 aromatic heterocycles. The van der Waals surface area contributed by atoms with Crippen molar-refractivity contribution in [3.05, 3.63) is 0 Å². The van der Waals surface area contributed by atoms with Gasteiger partial charge in [-0.2, -0.15) is 0 Å². The lowest BCUT2D eigenvalue weighted by Gasteiger charge is -2.42. The van der Waals surface area contributed by atoms with Crippen molar-refractivity contribution in [3.8, 4) is 0 Å². The summed E-state index contributed by atoms with van der Waals surface area (Å²) in [5, 5.41) is 10.2. The SMILES string of the molecule is OC1C[C@@H](C2CCCCC2)O[C@@H](C2CCCCC2)C1. The van der Waals surface area contributed by atoms with Crippen molar-refractivity contribution in [2.24, 2.45) is 11.8 Å². The van der Waals surface area contributed by atoms with Gasteiger partial charge >= 0.3 is 0 Å². The fourth-order valence-electron chi connectivity index (χ4n) is 4.59. The molecule has 1 heterocycles. The van der Waals surface area contributed by atoms with Crippen molar-refractivity contribution >= 4 is 0 Å². The Labute approximate surface area is 117 Å². The molecule has 2 nitrogen and oxygen atoms in total. The van der Waals surface area contributed by atoms with E-state index in [4.69, 9.17) is 4.74 Å². The molecule has 0 radical (unpaired) electrons. The van der Waals surface area contributed by atoms with Crippen molar-refractivity contribution in [2.75, 3.05) is 0 Å². The van der Waals surface area contributed by atoms with E-state index < -0.39 is 0 Å². The van der Waals surface area contributed by atoms with Crippen molar-refractivity contribution in [1.82, 2.24) is 0 Å². The van der Waals surface area contributed by atoms with Crippen molar-refractivity contribution < 1.29 is 9.84 Å². The number of aliphatic hydroxyl groups excluding tert-OH is 1. The first-order chi connectivity index (χ1) is 9.33. The van der Waals surface area contributed by atoms with Gasteiger partial charge in [-0.3, -0.25) is 0 Å². The highest BCUT2D eigenvalue weighted by Gasteiger charge is 2.37. The Balaban J connectivity index is 1.59. The van der Waals surface area contributed by atoms with Crippen LogP contribution in [-0.2, 0) is 4.74 Å². The van der Waals surface area contributed by atoms with E-state index in [9.17, 15) is 5.11 Å². The highest BCUT2D eigenvalue weighted by Crippen LogP contribution is 2.38. The largest absolute Gasteiger partial charge is 0.393 e. The number of hydrogen-bond acceptors (Lipinski definition) is 2. The van der Waals surface area contributed by atoms with Gasteiger partial charge in [-0.15, -0.1) is 0 Å². The smallest absolute Gasteiger partial charge is 0.0631 e. The fraction of sp³-hybridized carbons (Fsp3) is 1.00. The molecule has 110 valence electrons. The molecule has 19 heavy (non-hydrogen) atoms. The summed E-state index contributed by atoms with van der Waals surface area (Å²) in [7, 11) is 0. The molecule has 3 rings (SSSR count). The molecule has 3 atom stereocenters. The van der Waals surface area contributed by atoms with E-state index in [0.29, 0.717) is 12.2 Å². The zero-order valence-electron chi connectivity index (χ0n) is 12.2. The van der Waals surface area contributed by atoms with Crippen molar-refractivity contribution in [3.63, 3.8) is 0 Å². The van der Waals surface area contributed by atoms with Gasteiger partial charge in [-0.25, -0.2) is 0 Å². The number of aliphatic hydroxyl groups is 1. The molecule has 2 heteroatoms. The van der Waals surface area contributed by atoms with E-state index in [0.717, 1.165) is 24.7 Å². The quantitative estimate of drug-likeness (QED) is 0.817. The van der Waals surface area contributed by atoms with Crippen LogP contribution in [0.4, 0.5) is 0 Å². The Morgan fingerprint density at radius 2 is 1.05 bits per heavy atom. The van der Waals surface area contributed by atoms with Crippen LogP contribution in [0.5, 0.6) is 0 Å². The first-order valence-corrected chi connectivity index (χ1v) is 8.66. The molecule has 1 saturated heterocycles. The van der Waals surface area contributed by atoms with E-state index in [1.54, 1.807) is 0 Å². The highest BCUT2D eigenvalue weighted by atomic mass is 16.5. The molecule has 3 aliphatic rings. The molecular formula is C17H30O2. The van der Waals surface area contributed by atoms with E-state index in [-0.39, 0.29) is 6.10 Å². The van der Waals surface area contributed by atoms with Gasteiger partial charge in [-0.05, 0) is 50.4 Å². The van der Waals surface area contributed by atoms with Gasteiger partial charge in [0.1, 0.15) is 0 Å². The minimum absolute atomic E-state index is 0.104. The number of hydrogen-bond donors (Lipinski definition) is 1. The van der Waals surface area contributed by atoms with Crippen LogP contribution in [0.1, 0.15) is 77.0 Å². The predicted octanol–water partition coefficient (Wildman–Crippen LogP) is 4.06. The summed E-state index contributed by atoms with van der Waals surface area (Å²) in [5.74, 6) is 1.46. The normalized spacial score (nSPS) is 39.3. The molecule has 2 aliphatic carbocycles. The van der Waals surface area contributed by atoms with Crippen LogP contribution < -0.4 is 0 Å². The molecule has 0 aromatic rings. The molecular weight excluding hydrogens is 236 g/mol. The topological polar surface area (TPSA) is 29.5 Å². The van der Waals surface area contributed by atoms with Crippen LogP contribution in [0.25, 0.3) is 0 Å². The van der Waals surface area contributed by atoms with Crippen LogP contribution in [0.2, 0.25) is 0 Å². The van der Waals surface area contributed by atoms with Crippen LogP contribution in [0, 0.1) is 11.8 Å². The van der Waals surface area contributed by atoms with Crippen molar-refractivity contribution in [2.45, 2.75) is 95.4 Å². The third kappa shape index (κ3) is 3.52. The standard InChI is InChI=1S/C17H30O2/c18-15-11-16(13-7-3-1-4-8-13)19-17(12-15)14-9-5-2-6-10-14/h13-18H,1-12H2/t15?,16-,17+. The molecule has 0 spiro atoms. The second-order valence-electron chi connectivity index (χ2n) is 7.13. The van der Waals surface area contributed by atoms with Crippen LogP contribution in [-0.4, -0.2) is 23.4 Å². The monoisotopic (exact) mass is 266 g/mol. The van der Waals surface area contributed by atoms with Gasteiger partial charge in [0.2, 0.25) is 0 Å². The Morgan fingerprint density at radius 1 is 0.632 bits per heavy atom. The number of rotatable bonds is 2. The zero-order valence-corrected chi connectivity index (χ0v) is 12.2. The zero-order chi connectivity index (χ0) is 13.1. The predicted molar refractivity (Wildman–Crippen MR) is 77.1 cm³/mol. The van der Waals surface area contributed by atoms with Gasteiger partial charge in [0.25, 0.3) is 0 Å². The molecule has 1 aliphatic heterocycles. The summed E-state index contributed by atoms with van der Waals surface area (Å²) in [4.78, 5) is 0. The lowest BCUT2D eigenvalue weighted by atomic mass is 9.78. The molecule has 0 bridgehead atoms. The average molecular weight is 266 g/mol. The molecule has 1 N–H and O–H groups in total. The van der Waals surface area contributed by atoms with Gasteiger partial charge in [0.05, 0.1) is 18.3 Å². The van der Waals surface area contributed by atoms with E-state index in [2.05, 4.69) is 0 Å². The third-order valence-corrected chi connectivity index (χ3v) is 5.71. The van der Waals surface area contributed by atoms with Gasteiger partial charge in [0, 0.05) is 0 Å². The summed E-state index contributed by atoms with van der Waals surface area (Å²) in [6, 6.07) is 0. The minimum Gasteiger partial charge on any atom is -0.393 e. The second-order valence-corrected chi connectivity index (χ2v) is 7.13. The van der Waals surface area contributed by atoms with E-state index >= 15 is 0 Å². The molecule has 3 fully saturated rings. The third-order valence-electron chi connectivity index (χ3n) is 5.71. The number of ether oxygens (including phenoxy) is 1. The molecule has 0 aromatic carbocycles. The fourth-order valence-corrected chi connectivity index (χ4v) is 4.59. The summed E-state index contributed by atoms with van der Waals surface area (Å²) in [6.07, 6.45) is 16.0. The molecule has 2 saturated carbocycles. The Bertz CT molecular complexity index is 240. The summed E-state index contributed by atoms with van der Waals surface area (Å²) in [6.45, 7) is 0. The lowest BCUT2D eigenvalue weighted by Crippen LogP contribution is -2.43. The summed E-state index contributed by atoms with van der Waals surface area (Å²) >= 11 is 0. The van der Waals surface area contributed by atoms with Gasteiger partial charge in [0.15, 0.2) is 0 Å². The highest BCUT2D eigenvalue weighted by molar-refractivity contribution is 4.87. The average Bonchev–Trinajstić information content (AvgIpc) is 2.48. The Hall–Kier alpha value is -0.0800.